The second-order valence-corrected chi connectivity index (χ2v) is 8.28. The second kappa shape index (κ2) is 7.89. The highest BCUT2D eigenvalue weighted by Gasteiger charge is 2.19. The average Bonchev–Trinajstić information content (AvgIpc) is 2.47. The zero-order valence-electron chi connectivity index (χ0n) is 14.9. The molecule has 0 radical (unpaired) electrons. The Hall–Kier alpha value is -1.45. The van der Waals surface area contributed by atoms with Gasteiger partial charge in [-0.05, 0) is 50.7 Å². The molecule has 0 aliphatic rings. The van der Waals surface area contributed by atoms with E-state index in [2.05, 4.69) is 93.6 Å². The smallest absolute Gasteiger partial charge is 0.0482 e. The Kier molecular flexibility index (Phi) is 6.14. The molecule has 0 atom stereocenters. The number of benzene rings is 2. The van der Waals surface area contributed by atoms with Gasteiger partial charge in [-0.1, -0.05) is 55.4 Å². The van der Waals surface area contributed by atoms with E-state index >= 15 is 0 Å². The lowest BCUT2D eigenvalue weighted by Crippen LogP contribution is -2.34. The van der Waals surface area contributed by atoms with Crippen molar-refractivity contribution in [2.75, 3.05) is 32.5 Å². The first-order valence-corrected chi connectivity index (χ1v) is 8.89. The lowest BCUT2D eigenvalue weighted by atomic mass is 9.93. The van der Waals surface area contributed by atoms with Crippen LogP contribution in [-0.2, 0) is 0 Å². The average molecular weight is 329 g/mol. The molecular formula is C20H28N2S. The molecule has 0 saturated carbocycles. The van der Waals surface area contributed by atoms with E-state index in [1.54, 1.807) is 0 Å². The summed E-state index contributed by atoms with van der Waals surface area (Å²) in [5.41, 5.74) is 2.74. The minimum Gasteiger partial charge on any atom is -0.384 e. The minimum atomic E-state index is 0.227. The molecule has 23 heavy (non-hydrogen) atoms. The molecular weight excluding hydrogens is 300 g/mol. The third-order valence-electron chi connectivity index (χ3n) is 3.64. The molecule has 0 fully saturated rings. The van der Waals surface area contributed by atoms with Crippen molar-refractivity contribution < 1.29 is 0 Å². The summed E-state index contributed by atoms with van der Waals surface area (Å²) < 4.78 is 0. The van der Waals surface area contributed by atoms with Gasteiger partial charge in [0.25, 0.3) is 0 Å². The van der Waals surface area contributed by atoms with E-state index in [0.717, 1.165) is 13.1 Å². The van der Waals surface area contributed by atoms with Crippen molar-refractivity contribution in [3.8, 4) is 0 Å². The minimum absolute atomic E-state index is 0.227. The number of hydrogen-bond acceptors (Lipinski definition) is 3. The zero-order chi connectivity index (χ0) is 16.9. The standard InChI is InChI=1S/C20H28N2S/c1-16-10-12-17(13-11-16)23-19-9-7-6-8-18(19)21-14-20(2,3)15-22(4)5/h6-13,21H,14-15H2,1-5H3. The summed E-state index contributed by atoms with van der Waals surface area (Å²) in [6.07, 6.45) is 0. The summed E-state index contributed by atoms with van der Waals surface area (Å²) in [6.45, 7) is 8.74. The molecule has 0 heterocycles. The Morgan fingerprint density at radius 1 is 1.00 bits per heavy atom. The summed E-state index contributed by atoms with van der Waals surface area (Å²) in [7, 11) is 4.26. The lowest BCUT2D eigenvalue weighted by Gasteiger charge is -2.29. The van der Waals surface area contributed by atoms with Gasteiger partial charge in [0.05, 0.1) is 0 Å². The number of nitrogens with zero attached hydrogens (tertiary/aromatic N) is 1. The summed E-state index contributed by atoms with van der Waals surface area (Å²) >= 11 is 1.81. The first-order chi connectivity index (χ1) is 10.9. The van der Waals surface area contributed by atoms with Crippen LogP contribution >= 0.6 is 11.8 Å². The summed E-state index contributed by atoms with van der Waals surface area (Å²) in [5.74, 6) is 0. The molecule has 0 aromatic heterocycles. The predicted octanol–water partition coefficient (Wildman–Crippen LogP) is 5.15. The molecule has 2 rings (SSSR count). The van der Waals surface area contributed by atoms with Crippen LogP contribution in [0.3, 0.4) is 0 Å². The highest BCUT2D eigenvalue weighted by molar-refractivity contribution is 7.99. The highest BCUT2D eigenvalue weighted by atomic mass is 32.2. The van der Waals surface area contributed by atoms with Gasteiger partial charge in [0.2, 0.25) is 0 Å². The van der Waals surface area contributed by atoms with Gasteiger partial charge in [0.1, 0.15) is 0 Å². The normalized spacial score (nSPS) is 11.7. The molecule has 0 spiro atoms. The van der Waals surface area contributed by atoms with Crippen molar-refractivity contribution in [2.45, 2.75) is 30.6 Å². The molecule has 0 saturated heterocycles. The first kappa shape index (κ1) is 17.9. The van der Waals surface area contributed by atoms with Crippen LogP contribution in [0, 0.1) is 12.3 Å². The molecule has 0 amide bonds. The molecule has 2 aromatic carbocycles. The molecule has 2 aromatic rings. The van der Waals surface area contributed by atoms with E-state index in [1.165, 1.54) is 21.0 Å². The monoisotopic (exact) mass is 328 g/mol. The van der Waals surface area contributed by atoms with Gasteiger partial charge in [-0.15, -0.1) is 0 Å². The second-order valence-electron chi connectivity index (χ2n) is 7.17. The molecule has 0 aliphatic carbocycles. The molecule has 0 aliphatic heterocycles. The number of nitrogens with one attached hydrogen (secondary N) is 1. The molecule has 0 unspecified atom stereocenters. The van der Waals surface area contributed by atoms with Crippen LogP contribution in [-0.4, -0.2) is 32.1 Å². The fourth-order valence-electron chi connectivity index (χ4n) is 2.68. The molecule has 0 bridgehead atoms. The Morgan fingerprint density at radius 2 is 1.65 bits per heavy atom. The van der Waals surface area contributed by atoms with E-state index in [9.17, 15) is 0 Å². The molecule has 3 heteroatoms. The van der Waals surface area contributed by atoms with Crippen LogP contribution < -0.4 is 5.32 Å². The van der Waals surface area contributed by atoms with Gasteiger partial charge < -0.3 is 10.2 Å². The molecule has 124 valence electrons. The van der Waals surface area contributed by atoms with Crippen molar-refractivity contribution in [1.29, 1.82) is 0 Å². The first-order valence-electron chi connectivity index (χ1n) is 8.08. The Bertz CT molecular complexity index is 618. The summed E-state index contributed by atoms with van der Waals surface area (Å²) in [5, 5.41) is 3.64. The number of aryl methyl sites for hydroxylation is 1. The zero-order valence-corrected chi connectivity index (χ0v) is 15.7. The van der Waals surface area contributed by atoms with Crippen molar-refractivity contribution in [3.63, 3.8) is 0 Å². The number of para-hydroxylation sites is 1. The third-order valence-corrected chi connectivity index (χ3v) is 4.72. The van der Waals surface area contributed by atoms with Crippen LogP contribution in [0.15, 0.2) is 58.3 Å². The van der Waals surface area contributed by atoms with Crippen molar-refractivity contribution in [2.24, 2.45) is 5.41 Å². The topological polar surface area (TPSA) is 15.3 Å². The Balaban J connectivity index is 2.07. The van der Waals surface area contributed by atoms with Crippen molar-refractivity contribution >= 4 is 17.4 Å². The van der Waals surface area contributed by atoms with E-state index in [0.29, 0.717) is 0 Å². The lowest BCUT2D eigenvalue weighted by molar-refractivity contribution is 0.254. The van der Waals surface area contributed by atoms with E-state index in [1.807, 2.05) is 11.8 Å². The van der Waals surface area contributed by atoms with Crippen LogP contribution in [0.1, 0.15) is 19.4 Å². The van der Waals surface area contributed by atoms with Gasteiger partial charge in [-0.2, -0.15) is 0 Å². The van der Waals surface area contributed by atoms with E-state index in [-0.39, 0.29) is 5.41 Å². The van der Waals surface area contributed by atoms with Crippen LogP contribution in [0.4, 0.5) is 5.69 Å². The van der Waals surface area contributed by atoms with Gasteiger partial charge in [0.15, 0.2) is 0 Å². The predicted molar refractivity (Wildman–Crippen MR) is 103 cm³/mol. The van der Waals surface area contributed by atoms with Gasteiger partial charge in [-0.3, -0.25) is 0 Å². The Morgan fingerprint density at radius 3 is 2.30 bits per heavy atom. The molecule has 1 N–H and O–H groups in total. The Labute approximate surface area is 145 Å². The van der Waals surface area contributed by atoms with Crippen molar-refractivity contribution in [1.82, 2.24) is 4.90 Å². The fourth-order valence-corrected chi connectivity index (χ4v) is 3.60. The van der Waals surface area contributed by atoms with Gasteiger partial charge >= 0.3 is 0 Å². The van der Waals surface area contributed by atoms with E-state index in [4.69, 9.17) is 0 Å². The van der Waals surface area contributed by atoms with Gasteiger partial charge in [-0.25, -0.2) is 0 Å². The van der Waals surface area contributed by atoms with E-state index < -0.39 is 0 Å². The highest BCUT2D eigenvalue weighted by Crippen LogP contribution is 2.34. The summed E-state index contributed by atoms with van der Waals surface area (Å²) in [6, 6.07) is 17.3. The number of rotatable bonds is 7. The maximum absolute atomic E-state index is 3.64. The maximum atomic E-state index is 3.64. The van der Waals surface area contributed by atoms with Gasteiger partial charge in [0, 0.05) is 28.6 Å². The van der Waals surface area contributed by atoms with Crippen LogP contribution in [0.5, 0.6) is 0 Å². The third kappa shape index (κ3) is 5.92. The number of hydrogen-bond donors (Lipinski definition) is 1. The number of anilines is 1. The fraction of sp³-hybridized carbons (Fsp3) is 0.400. The maximum Gasteiger partial charge on any atom is 0.0482 e. The molecule has 2 nitrogen and oxygen atoms in total. The SMILES string of the molecule is Cc1ccc(Sc2ccccc2NCC(C)(C)CN(C)C)cc1. The van der Waals surface area contributed by atoms with Crippen molar-refractivity contribution in [3.05, 3.63) is 54.1 Å². The van der Waals surface area contributed by atoms with Crippen LogP contribution in [0.25, 0.3) is 0 Å². The largest absolute Gasteiger partial charge is 0.384 e. The van der Waals surface area contributed by atoms with Crippen LogP contribution in [0.2, 0.25) is 0 Å². The summed E-state index contributed by atoms with van der Waals surface area (Å²) in [4.78, 5) is 4.80. The quantitative estimate of drug-likeness (QED) is 0.757.